The number of carbonyl (C=O) groups excluding carboxylic acids is 1. The second-order valence-electron chi connectivity index (χ2n) is 7.11. The normalized spacial score (nSPS) is 15.9. The summed E-state index contributed by atoms with van der Waals surface area (Å²) in [6.45, 7) is 2.05. The van der Waals surface area contributed by atoms with Crippen molar-refractivity contribution in [2.24, 2.45) is 0 Å². The van der Waals surface area contributed by atoms with E-state index in [0.717, 1.165) is 29.6 Å². The molecule has 2 N–H and O–H groups in total. The van der Waals surface area contributed by atoms with E-state index in [0.29, 0.717) is 28.4 Å². The quantitative estimate of drug-likeness (QED) is 0.470. The lowest BCUT2D eigenvalue weighted by Crippen LogP contribution is -2.22. The maximum Gasteiger partial charge on any atom is 0.237 e. The molecule has 1 atom stereocenters. The van der Waals surface area contributed by atoms with Crippen molar-refractivity contribution in [1.82, 2.24) is 9.97 Å². The molecule has 1 unspecified atom stereocenters. The highest BCUT2D eigenvalue weighted by atomic mass is 32.2. The first kappa shape index (κ1) is 18.1. The van der Waals surface area contributed by atoms with Crippen LogP contribution in [0.3, 0.4) is 0 Å². The molecule has 0 saturated heterocycles. The maximum absolute atomic E-state index is 12.7. The zero-order valence-electron chi connectivity index (χ0n) is 15.8. The summed E-state index contributed by atoms with van der Waals surface area (Å²) < 4.78 is 10.7. The number of carbonyl (C=O) groups is 1. The summed E-state index contributed by atoms with van der Waals surface area (Å²) in [6.07, 6.45) is 2.32. The number of ether oxygens (including phenoxy) is 2. The SMILES string of the molecule is CC(Sc1nc(NC2CC2)c2ccccc2n1)C(=O)Nc1ccc2c(c1)OCO2. The summed E-state index contributed by atoms with van der Waals surface area (Å²) in [5.41, 5.74) is 1.54. The van der Waals surface area contributed by atoms with Crippen LogP contribution in [0.1, 0.15) is 19.8 Å². The molecule has 7 nitrogen and oxygen atoms in total. The minimum atomic E-state index is -0.365. The fourth-order valence-corrected chi connectivity index (χ4v) is 3.85. The number of aromatic nitrogens is 2. The molecule has 1 amide bonds. The topological polar surface area (TPSA) is 85.4 Å². The summed E-state index contributed by atoms with van der Waals surface area (Å²) in [7, 11) is 0. The molecule has 0 spiro atoms. The molecule has 1 fully saturated rings. The van der Waals surface area contributed by atoms with Gasteiger partial charge in [0, 0.05) is 23.2 Å². The highest BCUT2D eigenvalue weighted by molar-refractivity contribution is 8.00. The predicted octanol–water partition coefficient (Wildman–Crippen LogP) is 4.05. The Labute approximate surface area is 172 Å². The Morgan fingerprint density at radius 3 is 2.83 bits per heavy atom. The molecule has 5 rings (SSSR count). The molecule has 148 valence electrons. The number of hydrogen-bond donors (Lipinski definition) is 2. The zero-order valence-corrected chi connectivity index (χ0v) is 16.7. The lowest BCUT2D eigenvalue weighted by molar-refractivity contribution is -0.115. The van der Waals surface area contributed by atoms with Crippen LogP contribution in [-0.4, -0.2) is 34.0 Å². The Kier molecular flexibility index (Phi) is 4.63. The number of hydrogen-bond acceptors (Lipinski definition) is 7. The summed E-state index contributed by atoms with van der Waals surface area (Å²) in [5.74, 6) is 2.04. The zero-order chi connectivity index (χ0) is 19.8. The molecule has 2 heterocycles. The summed E-state index contributed by atoms with van der Waals surface area (Å²) in [5, 5.41) is 7.61. The van der Waals surface area contributed by atoms with Crippen LogP contribution in [0.4, 0.5) is 11.5 Å². The number of nitrogens with one attached hydrogen (secondary N) is 2. The third-order valence-electron chi connectivity index (χ3n) is 4.79. The molecular formula is C21H20N4O3S. The van der Waals surface area contributed by atoms with E-state index in [-0.39, 0.29) is 18.0 Å². The van der Waals surface area contributed by atoms with E-state index in [9.17, 15) is 4.79 Å². The largest absolute Gasteiger partial charge is 0.454 e. The maximum atomic E-state index is 12.7. The van der Waals surface area contributed by atoms with Crippen molar-refractivity contribution in [3.63, 3.8) is 0 Å². The second-order valence-corrected chi connectivity index (χ2v) is 8.42. The van der Waals surface area contributed by atoms with Gasteiger partial charge in [0.1, 0.15) is 5.82 Å². The smallest absolute Gasteiger partial charge is 0.237 e. The molecule has 8 heteroatoms. The molecule has 29 heavy (non-hydrogen) atoms. The molecule has 1 aliphatic heterocycles. The van der Waals surface area contributed by atoms with Crippen LogP contribution >= 0.6 is 11.8 Å². The first-order chi connectivity index (χ1) is 14.2. The Hall–Kier alpha value is -3.00. The average molecular weight is 408 g/mol. The van der Waals surface area contributed by atoms with Crippen LogP contribution < -0.4 is 20.1 Å². The minimum absolute atomic E-state index is 0.123. The monoisotopic (exact) mass is 408 g/mol. The molecule has 1 saturated carbocycles. The number of thioether (sulfide) groups is 1. The Morgan fingerprint density at radius 2 is 1.97 bits per heavy atom. The van der Waals surface area contributed by atoms with E-state index in [1.54, 1.807) is 18.2 Å². The molecule has 2 aliphatic rings. The van der Waals surface area contributed by atoms with Crippen LogP contribution in [0.15, 0.2) is 47.6 Å². The number of fused-ring (bicyclic) bond motifs is 2. The number of anilines is 2. The van der Waals surface area contributed by atoms with Crippen molar-refractivity contribution in [1.29, 1.82) is 0 Å². The van der Waals surface area contributed by atoms with Crippen molar-refractivity contribution < 1.29 is 14.3 Å². The third kappa shape index (κ3) is 3.93. The lowest BCUT2D eigenvalue weighted by atomic mass is 10.2. The van der Waals surface area contributed by atoms with Gasteiger partial charge in [-0.1, -0.05) is 23.9 Å². The number of amides is 1. The summed E-state index contributed by atoms with van der Waals surface area (Å²) in [6, 6.07) is 13.8. The van der Waals surface area contributed by atoms with E-state index in [1.807, 2.05) is 31.2 Å². The van der Waals surface area contributed by atoms with Gasteiger partial charge in [-0.05, 0) is 44.0 Å². The average Bonchev–Trinajstić information content (AvgIpc) is 3.41. The van der Waals surface area contributed by atoms with Gasteiger partial charge in [0.2, 0.25) is 12.7 Å². The van der Waals surface area contributed by atoms with Crippen LogP contribution in [-0.2, 0) is 4.79 Å². The lowest BCUT2D eigenvalue weighted by Gasteiger charge is -2.13. The van der Waals surface area contributed by atoms with E-state index in [2.05, 4.69) is 20.6 Å². The fraction of sp³-hybridized carbons (Fsp3) is 0.286. The molecule has 1 aliphatic carbocycles. The molecule has 0 bridgehead atoms. The Morgan fingerprint density at radius 1 is 1.14 bits per heavy atom. The van der Waals surface area contributed by atoms with Crippen LogP contribution in [0.2, 0.25) is 0 Å². The van der Waals surface area contributed by atoms with Gasteiger partial charge in [-0.15, -0.1) is 0 Å². The van der Waals surface area contributed by atoms with E-state index in [1.165, 1.54) is 11.8 Å². The van der Waals surface area contributed by atoms with Gasteiger partial charge in [-0.2, -0.15) is 0 Å². The molecule has 3 aromatic rings. The summed E-state index contributed by atoms with van der Waals surface area (Å²) >= 11 is 1.34. The highest BCUT2D eigenvalue weighted by Crippen LogP contribution is 2.35. The van der Waals surface area contributed by atoms with Gasteiger partial charge >= 0.3 is 0 Å². The minimum Gasteiger partial charge on any atom is -0.454 e. The first-order valence-electron chi connectivity index (χ1n) is 9.56. The van der Waals surface area contributed by atoms with Gasteiger partial charge in [0.25, 0.3) is 0 Å². The molecule has 2 aromatic carbocycles. The first-order valence-corrected chi connectivity index (χ1v) is 10.4. The van der Waals surface area contributed by atoms with Crippen molar-refractivity contribution >= 4 is 40.1 Å². The van der Waals surface area contributed by atoms with Crippen LogP contribution in [0.5, 0.6) is 11.5 Å². The standard InChI is InChI=1S/C21H20N4O3S/c1-12(20(26)23-14-8-9-17-18(10-14)28-11-27-17)29-21-24-16-5-3-2-4-15(16)19(25-21)22-13-6-7-13/h2-5,8-10,12-13H,6-7,11H2,1H3,(H,23,26)(H,22,24,25). The van der Waals surface area contributed by atoms with Crippen molar-refractivity contribution in [2.75, 3.05) is 17.4 Å². The van der Waals surface area contributed by atoms with Gasteiger partial charge in [0.15, 0.2) is 16.7 Å². The van der Waals surface area contributed by atoms with Crippen molar-refractivity contribution in [2.45, 2.75) is 36.2 Å². The van der Waals surface area contributed by atoms with E-state index < -0.39 is 0 Å². The second kappa shape index (κ2) is 7.44. The molecule has 1 aromatic heterocycles. The summed E-state index contributed by atoms with van der Waals surface area (Å²) in [4.78, 5) is 22.0. The van der Waals surface area contributed by atoms with Gasteiger partial charge in [-0.25, -0.2) is 9.97 Å². The number of para-hydroxylation sites is 1. The third-order valence-corrected chi connectivity index (χ3v) is 5.75. The number of nitrogens with zero attached hydrogens (tertiary/aromatic N) is 2. The number of benzene rings is 2. The Bertz CT molecular complexity index is 1090. The fourth-order valence-electron chi connectivity index (χ4n) is 3.07. The van der Waals surface area contributed by atoms with Crippen LogP contribution in [0, 0.1) is 0 Å². The van der Waals surface area contributed by atoms with Gasteiger partial charge < -0.3 is 20.1 Å². The molecular weight excluding hydrogens is 388 g/mol. The van der Waals surface area contributed by atoms with Crippen molar-refractivity contribution in [3.05, 3.63) is 42.5 Å². The predicted molar refractivity (Wildman–Crippen MR) is 113 cm³/mol. The van der Waals surface area contributed by atoms with Crippen molar-refractivity contribution in [3.8, 4) is 11.5 Å². The van der Waals surface area contributed by atoms with Gasteiger partial charge in [-0.3, -0.25) is 4.79 Å². The molecule has 0 radical (unpaired) electrons. The van der Waals surface area contributed by atoms with E-state index >= 15 is 0 Å². The Balaban J connectivity index is 1.32. The van der Waals surface area contributed by atoms with Gasteiger partial charge in [0.05, 0.1) is 10.8 Å². The highest BCUT2D eigenvalue weighted by Gasteiger charge is 2.24. The number of rotatable bonds is 6. The van der Waals surface area contributed by atoms with E-state index in [4.69, 9.17) is 9.47 Å². The van der Waals surface area contributed by atoms with Crippen LogP contribution in [0.25, 0.3) is 10.9 Å².